The first-order valence-electron chi connectivity index (χ1n) is 18.5. The fraction of sp³-hybridized carbons (Fsp3) is 0.659. The van der Waals surface area contributed by atoms with Crippen LogP contribution in [-0.2, 0) is 19.1 Å². The van der Waals surface area contributed by atoms with Crippen LogP contribution in [0.3, 0.4) is 0 Å². The molecule has 1 N–H and O–H groups in total. The van der Waals surface area contributed by atoms with Crippen molar-refractivity contribution in [2.75, 3.05) is 13.2 Å². The monoisotopic (exact) mass is 641 g/mol. The zero-order valence-electron chi connectivity index (χ0n) is 29.6. The minimum Gasteiger partial charge on any atom is -0.462 e. The second-order valence-electron chi connectivity index (χ2n) is 11.9. The molecule has 0 saturated heterocycles. The molecule has 46 heavy (non-hydrogen) atoms. The maximum atomic E-state index is 12.1. The topological polar surface area (TPSA) is 72.8 Å². The molecule has 0 aliphatic carbocycles. The van der Waals surface area contributed by atoms with E-state index in [-0.39, 0.29) is 31.6 Å². The SMILES string of the molecule is CC/C=C\C/C=C\C/C=C\C/C=C\C/C=C\C/C=C\CCC(=O)OC[C@H](CO)OC(=O)CCCCCCCCCCCCCCC. The highest BCUT2D eigenvalue weighted by Crippen LogP contribution is 2.13. The van der Waals surface area contributed by atoms with E-state index in [0.717, 1.165) is 57.8 Å². The van der Waals surface area contributed by atoms with E-state index < -0.39 is 6.10 Å². The number of hydrogen-bond acceptors (Lipinski definition) is 5. The Morgan fingerprint density at radius 3 is 1.37 bits per heavy atom. The second-order valence-corrected chi connectivity index (χ2v) is 11.9. The van der Waals surface area contributed by atoms with Gasteiger partial charge in [0.1, 0.15) is 6.61 Å². The van der Waals surface area contributed by atoms with Crippen molar-refractivity contribution in [2.24, 2.45) is 0 Å². The van der Waals surface area contributed by atoms with Crippen LogP contribution in [0, 0.1) is 0 Å². The highest BCUT2D eigenvalue weighted by molar-refractivity contribution is 5.70. The summed E-state index contributed by atoms with van der Waals surface area (Å²) in [5, 5.41) is 9.52. The predicted octanol–water partition coefficient (Wildman–Crippen LogP) is 11.4. The van der Waals surface area contributed by atoms with Crippen LogP contribution < -0.4 is 0 Å². The van der Waals surface area contributed by atoms with E-state index in [0.29, 0.717) is 12.8 Å². The lowest BCUT2D eigenvalue weighted by molar-refractivity contribution is -0.161. The Kier molecular flexibility index (Phi) is 34.7. The van der Waals surface area contributed by atoms with Crippen LogP contribution in [0.5, 0.6) is 0 Å². The Labute approximate surface area is 283 Å². The molecule has 0 aliphatic heterocycles. The highest BCUT2D eigenvalue weighted by Gasteiger charge is 2.15. The number of carbonyl (C=O) groups is 2. The molecule has 5 heteroatoms. The Hall–Kier alpha value is -2.66. The third-order valence-electron chi connectivity index (χ3n) is 7.53. The van der Waals surface area contributed by atoms with Gasteiger partial charge < -0.3 is 14.6 Å². The van der Waals surface area contributed by atoms with Crippen LogP contribution in [0.25, 0.3) is 0 Å². The van der Waals surface area contributed by atoms with E-state index >= 15 is 0 Å². The molecule has 0 bridgehead atoms. The summed E-state index contributed by atoms with van der Waals surface area (Å²) in [6.07, 6.45) is 48.2. The summed E-state index contributed by atoms with van der Waals surface area (Å²) in [4.78, 5) is 24.2. The third-order valence-corrected chi connectivity index (χ3v) is 7.53. The molecule has 0 fully saturated rings. The van der Waals surface area contributed by atoms with Crippen molar-refractivity contribution in [1.29, 1.82) is 0 Å². The average molecular weight is 641 g/mol. The zero-order valence-corrected chi connectivity index (χ0v) is 29.6. The van der Waals surface area contributed by atoms with E-state index in [1.165, 1.54) is 64.2 Å². The summed E-state index contributed by atoms with van der Waals surface area (Å²) < 4.78 is 10.5. The van der Waals surface area contributed by atoms with Gasteiger partial charge in [-0.15, -0.1) is 0 Å². The van der Waals surface area contributed by atoms with E-state index in [1.807, 2.05) is 12.2 Å². The van der Waals surface area contributed by atoms with E-state index in [2.05, 4.69) is 74.6 Å². The van der Waals surface area contributed by atoms with Gasteiger partial charge in [0.25, 0.3) is 0 Å². The minimum atomic E-state index is -0.802. The number of unbranched alkanes of at least 4 members (excludes halogenated alkanes) is 12. The van der Waals surface area contributed by atoms with Gasteiger partial charge in [0.15, 0.2) is 6.10 Å². The van der Waals surface area contributed by atoms with Crippen molar-refractivity contribution < 1.29 is 24.2 Å². The molecule has 0 radical (unpaired) electrons. The van der Waals surface area contributed by atoms with Gasteiger partial charge in [-0.1, -0.05) is 164 Å². The van der Waals surface area contributed by atoms with Gasteiger partial charge in [0, 0.05) is 12.8 Å². The highest BCUT2D eigenvalue weighted by atomic mass is 16.6. The number of rotatable bonds is 32. The van der Waals surface area contributed by atoms with Gasteiger partial charge in [0.05, 0.1) is 6.61 Å². The molecule has 0 unspecified atom stereocenters. The number of esters is 2. The summed E-state index contributed by atoms with van der Waals surface area (Å²) >= 11 is 0. The fourth-order valence-electron chi connectivity index (χ4n) is 4.75. The van der Waals surface area contributed by atoms with Gasteiger partial charge in [0.2, 0.25) is 0 Å². The van der Waals surface area contributed by atoms with E-state index in [1.54, 1.807) is 0 Å². The number of aliphatic hydroxyl groups is 1. The molecule has 0 aliphatic rings. The molecule has 0 aromatic carbocycles. The quantitative estimate of drug-likeness (QED) is 0.0450. The standard InChI is InChI=1S/C41H68O5/c1-3-5-7-9-11-13-15-17-18-19-20-21-22-24-25-27-29-31-33-35-40(43)45-38-39(37-42)46-41(44)36-34-32-30-28-26-23-16-14-12-10-8-6-4-2/h5,7,11,13,17-18,20-21,24-25,29,31,39,42H,3-4,6,8-10,12,14-16,19,22-23,26-28,30,32-38H2,1-2H3/b7-5-,13-11-,18-17-,21-20-,25-24-,31-29-/t39-/m0/s1. The fourth-order valence-corrected chi connectivity index (χ4v) is 4.75. The summed E-state index contributed by atoms with van der Waals surface area (Å²) in [5.41, 5.74) is 0. The van der Waals surface area contributed by atoms with Gasteiger partial charge in [-0.2, -0.15) is 0 Å². The molecule has 0 heterocycles. The van der Waals surface area contributed by atoms with Crippen molar-refractivity contribution in [3.63, 3.8) is 0 Å². The Bertz CT molecular complexity index is 864. The normalized spacial score (nSPS) is 13.0. The first-order valence-corrected chi connectivity index (χ1v) is 18.5. The van der Waals surface area contributed by atoms with Gasteiger partial charge in [-0.05, 0) is 51.4 Å². The summed E-state index contributed by atoms with van der Waals surface area (Å²) in [6, 6.07) is 0. The van der Waals surface area contributed by atoms with Crippen LogP contribution in [0.1, 0.15) is 155 Å². The van der Waals surface area contributed by atoms with Crippen LogP contribution in [0.15, 0.2) is 72.9 Å². The Morgan fingerprint density at radius 1 is 0.522 bits per heavy atom. The molecule has 0 spiro atoms. The molecular weight excluding hydrogens is 572 g/mol. The molecule has 5 nitrogen and oxygen atoms in total. The molecule has 0 aromatic heterocycles. The number of hydrogen-bond donors (Lipinski definition) is 1. The molecule has 0 aromatic rings. The number of allylic oxidation sites excluding steroid dienone is 12. The third kappa shape index (κ3) is 34.2. The number of carbonyl (C=O) groups excluding carboxylic acids is 2. The Morgan fingerprint density at radius 2 is 0.935 bits per heavy atom. The number of aliphatic hydroxyl groups excluding tert-OH is 1. The molecule has 1 atom stereocenters. The summed E-state index contributed by atoms with van der Waals surface area (Å²) in [7, 11) is 0. The van der Waals surface area contributed by atoms with Gasteiger partial charge in [-0.25, -0.2) is 0 Å². The largest absolute Gasteiger partial charge is 0.462 e. The van der Waals surface area contributed by atoms with Crippen molar-refractivity contribution in [2.45, 2.75) is 161 Å². The van der Waals surface area contributed by atoms with Gasteiger partial charge >= 0.3 is 11.9 Å². The maximum Gasteiger partial charge on any atom is 0.306 e. The van der Waals surface area contributed by atoms with E-state index in [9.17, 15) is 14.7 Å². The molecule has 0 amide bonds. The smallest absolute Gasteiger partial charge is 0.306 e. The van der Waals surface area contributed by atoms with Crippen LogP contribution in [0.4, 0.5) is 0 Å². The zero-order chi connectivity index (χ0) is 33.6. The molecule has 0 rings (SSSR count). The average Bonchev–Trinajstić information content (AvgIpc) is 3.06. The van der Waals surface area contributed by atoms with Crippen molar-refractivity contribution in [1.82, 2.24) is 0 Å². The van der Waals surface area contributed by atoms with Crippen LogP contribution in [-0.4, -0.2) is 36.4 Å². The second kappa shape index (κ2) is 36.8. The van der Waals surface area contributed by atoms with E-state index in [4.69, 9.17) is 9.47 Å². The minimum absolute atomic E-state index is 0.108. The van der Waals surface area contributed by atoms with Gasteiger partial charge in [-0.3, -0.25) is 9.59 Å². The van der Waals surface area contributed by atoms with Crippen LogP contribution in [0.2, 0.25) is 0 Å². The molecule has 0 saturated carbocycles. The lowest BCUT2D eigenvalue weighted by Crippen LogP contribution is -2.28. The number of ether oxygens (including phenoxy) is 2. The first-order chi connectivity index (χ1) is 22.6. The lowest BCUT2D eigenvalue weighted by atomic mass is 10.0. The predicted molar refractivity (Wildman–Crippen MR) is 196 cm³/mol. The summed E-state index contributed by atoms with van der Waals surface area (Å²) in [5.74, 6) is -0.693. The first kappa shape index (κ1) is 43.3. The lowest BCUT2D eigenvalue weighted by Gasteiger charge is -2.15. The molecular formula is C41H68O5. The van der Waals surface area contributed by atoms with Crippen molar-refractivity contribution in [3.8, 4) is 0 Å². The Balaban J connectivity index is 3.73. The van der Waals surface area contributed by atoms with Crippen molar-refractivity contribution in [3.05, 3.63) is 72.9 Å². The summed E-state index contributed by atoms with van der Waals surface area (Å²) in [6.45, 7) is 3.94. The van der Waals surface area contributed by atoms with Crippen LogP contribution >= 0.6 is 0 Å². The van der Waals surface area contributed by atoms with Crippen molar-refractivity contribution >= 4 is 11.9 Å². The molecule has 262 valence electrons. The maximum absolute atomic E-state index is 12.1.